The van der Waals surface area contributed by atoms with Crippen LogP contribution >= 0.6 is 0 Å². The van der Waals surface area contributed by atoms with Crippen LogP contribution in [0.5, 0.6) is 0 Å². The summed E-state index contributed by atoms with van der Waals surface area (Å²) in [6.07, 6.45) is 0. The van der Waals surface area contributed by atoms with E-state index in [1.165, 1.54) is 7.11 Å². The van der Waals surface area contributed by atoms with Crippen molar-refractivity contribution >= 4 is 5.91 Å². The molecule has 2 N–H and O–H groups in total. The molecule has 0 fully saturated rings. The van der Waals surface area contributed by atoms with Crippen molar-refractivity contribution in [2.24, 2.45) is 0 Å². The smallest absolute Gasteiger partial charge is 0.246 e. The summed E-state index contributed by atoms with van der Waals surface area (Å²) in [6, 6.07) is 0. The largest absolute Gasteiger partial charge is 0.383 e. The Kier molecular flexibility index (Phi) is 8.97. The lowest BCUT2D eigenvalue weighted by Gasteiger charge is -2.05. The number of rotatable bonds is 8. The maximum Gasteiger partial charge on any atom is 0.246 e. The lowest BCUT2D eigenvalue weighted by molar-refractivity contribution is -0.124. The van der Waals surface area contributed by atoms with Crippen molar-refractivity contribution < 1.29 is 14.3 Å². The van der Waals surface area contributed by atoms with Crippen LogP contribution in [0.4, 0.5) is 0 Å². The summed E-state index contributed by atoms with van der Waals surface area (Å²) in [5.41, 5.74) is 0. The fourth-order valence-electron chi connectivity index (χ4n) is 0.772. The molecular weight excluding hydrogens is 172 g/mol. The lowest BCUT2D eigenvalue weighted by Crippen LogP contribution is -2.34. The van der Waals surface area contributed by atoms with Gasteiger partial charge in [-0.25, -0.2) is 0 Å². The van der Waals surface area contributed by atoms with Crippen LogP contribution in [-0.4, -0.2) is 53.0 Å². The fourth-order valence-corrected chi connectivity index (χ4v) is 0.772. The number of nitrogens with one attached hydrogen (secondary N) is 2. The Hall–Kier alpha value is -0.650. The molecule has 0 aliphatic carbocycles. The van der Waals surface area contributed by atoms with Gasteiger partial charge in [-0.1, -0.05) is 0 Å². The van der Waals surface area contributed by atoms with Crippen LogP contribution in [-0.2, 0) is 14.3 Å². The average molecular weight is 190 g/mol. The molecule has 13 heavy (non-hydrogen) atoms. The highest BCUT2D eigenvalue weighted by Crippen LogP contribution is 1.68. The fraction of sp³-hybridized carbons (Fsp3) is 0.875. The van der Waals surface area contributed by atoms with Gasteiger partial charge in [-0.3, -0.25) is 4.79 Å². The quantitative estimate of drug-likeness (QED) is 0.481. The van der Waals surface area contributed by atoms with E-state index in [2.05, 4.69) is 15.4 Å². The van der Waals surface area contributed by atoms with E-state index in [1.54, 1.807) is 7.11 Å². The van der Waals surface area contributed by atoms with Crippen LogP contribution in [0.15, 0.2) is 0 Å². The van der Waals surface area contributed by atoms with Gasteiger partial charge in [0.2, 0.25) is 5.91 Å². The maximum atomic E-state index is 10.8. The van der Waals surface area contributed by atoms with E-state index in [4.69, 9.17) is 4.74 Å². The Balaban J connectivity index is 3.02. The molecule has 5 nitrogen and oxygen atoms in total. The molecule has 0 saturated heterocycles. The monoisotopic (exact) mass is 190 g/mol. The molecule has 5 heteroatoms. The summed E-state index contributed by atoms with van der Waals surface area (Å²) < 4.78 is 9.48. The number of amides is 1. The molecule has 0 heterocycles. The molecule has 0 aromatic rings. The molecule has 0 rings (SSSR count). The van der Waals surface area contributed by atoms with Gasteiger partial charge < -0.3 is 20.1 Å². The van der Waals surface area contributed by atoms with E-state index < -0.39 is 0 Å². The summed E-state index contributed by atoms with van der Waals surface area (Å²) in [5, 5.41) is 5.80. The van der Waals surface area contributed by atoms with Crippen molar-refractivity contribution in [1.29, 1.82) is 0 Å². The minimum atomic E-state index is -0.0870. The summed E-state index contributed by atoms with van der Waals surface area (Å²) in [4.78, 5) is 10.8. The third kappa shape index (κ3) is 9.26. The van der Waals surface area contributed by atoms with E-state index in [1.807, 2.05) is 0 Å². The molecule has 0 saturated carbocycles. The Morgan fingerprint density at radius 3 is 2.54 bits per heavy atom. The molecule has 0 aromatic heterocycles. The molecule has 0 aromatic carbocycles. The first-order chi connectivity index (χ1) is 6.31. The van der Waals surface area contributed by atoms with Crippen LogP contribution < -0.4 is 10.6 Å². The number of hydrogen-bond donors (Lipinski definition) is 2. The van der Waals surface area contributed by atoms with Gasteiger partial charge in [0.1, 0.15) is 6.61 Å². The Bertz CT molecular complexity index is 131. The van der Waals surface area contributed by atoms with E-state index >= 15 is 0 Å². The number of ether oxygens (including phenoxy) is 2. The van der Waals surface area contributed by atoms with E-state index in [0.717, 1.165) is 13.1 Å². The van der Waals surface area contributed by atoms with Crippen molar-refractivity contribution in [1.82, 2.24) is 10.6 Å². The first kappa shape index (κ1) is 12.3. The third-order valence-electron chi connectivity index (χ3n) is 1.38. The molecule has 0 aliphatic heterocycles. The summed E-state index contributed by atoms with van der Waals surface area (Å²) in [5.74, 6) is -0.0870. The van der Waals surface area contributed by atoms with Crippen LogP contribution in [0.1, 0.15) is 0 Å². The zero-order valence-electron chi connectivity index (χ0n) is 8.26. The van der Waals surface area contributed by atoms with Crippen molar-refractivity contribution in [3.05, 3.63) is 0 Å². The molecule has 78 valence electrons. The van der Waals surface area contributed by atoms with Crippen molar-refractivity contribution in [2.45, 2.75) is 0 Å². The topological polar surface area (TPSA) is 59.6 Å². The second kappa shape index (κ2) is 9.44. The third-order valence-corrected chi connectivity index (χ3v) is 1.38. The second-order valence-corrected chi connectivity index (χ2v) is 2.53. The highest BCUT2D eigenvalue weighted by atomic mass is 16.5. The molecule has 0 spiro atoms. The number of hydrogen-bond acceptors (Lipinski definition) is 4. The van der Waals surface area contributed by atoms with Crippen LogP contribution in [0.2, 0.25) is 0 Å². The predicted octanol–water partition coefficient (Wildman–Crippen LogP) is -1.01. The number of methoxy groups -OCH3 is 2. The first-order valence-electron chi connectivity index (χ1n) is 4.26. The van der Waals surface area contributed by atoms with Gasteiger partial charge in [-0.15, -0.1) is 0 Å². The Morgan fingerprint density at radius 2 is 1.92 bits per heavy atom. The van der Waals surface area contributed by atoms with Gasteiger partial charge in [0.25, 0.3) is 0 Å². The van der Waals surface area contributed by atoms with Gasteiger partial charge in [0.05, 0.1) is 6.61 Å². The van der Waals surface area contributed by atoms with E-state index in [-0.39, 0.29) is 12.5 Å². The molecule has 0 aliphatic rings. The Labute approximate surface area is 78.8 Å². The van der Waals surface area contributed by atoms with Crippen LogP contribution in [0.25, 0.3) is 0 Å². The van der Waals surface area contributed by atoms with E-state index in [9.17, 15) is 4.79 Å². The van der Waals surface area contributed by atoms with Gasteiger partial charge in [-0.2, -0.15) is 0 Å². The zero-order valence-corrected chi connectivity index (χ0v) is 8.26. The maximum absolute atomic E-state index is 10.8. The number of carbonyl (C=O) groups is 1. The van der Waals surface area contributed by atoms with Gasteiger partial charge in [0, 0.05) is 33.9 Å². The highest BCUT2D eigenvalue weighted by Gasteiger charge is 1.96. The summed E-state index contributed by atoms with van der Waals surface area (Å²) >= 11 is 0. The van der Waals surface area contributed by atoms with Crippen molar-refractivity contribution in [3.8, 4) is 0 Å². The molecule has 0 bridgehead atoms. The molecule has 1 amide bonds. The standard InChI is InChI=1S/C8H18N2O3/c1-12-6-5-9-3-4-10-8(11)7-13-2/h9H,3-7H2,1-2H3,(H,10,11). The molecule has 0 radical (unpaired) electrons. The summed E-state index contributed by atoms with van der Waals surface area (Å²) in [6.45, 7) is 2.98. The predicted molar refractivity (Wildman–Crippen MR) is 49.6 cm³/mol. The Morgan fingerprint density at radius 1 is 1.15 bits per heavy atom. The SMILES string of the molecule is COCCNCCNC(=O)COC. The van der Waals surface area contributed by atoms with Crippen LogP contribution in [0, 0.1) is 0 Å². The summed E-state index contributed by atoms with van der Waals surface area (Å²) in [7, 11) is 3.15. The lowest BCUT2D eigenvalue weighted by atomic mass is 10.5. The minimum Gasteiger partial charge on any atom is -0.383 e. The number of carbonyl (C=O) groups excluding carboxylic acids is 1. The second-order valence-electron chi connectivity index (χ2n) is 2.53. The first-order valence-corrected chi connectivity index (χ1v) is 4.26. The zero-order chi connectivity index (χ0) is 9.94. The highest BCUT2D eigenvalue weighted by molar-refractivity contribution is 5.77. The molecular formula is C8H18N2O3. The van der Waals surface area contributed by atoms with Gasteiger partial charge in [0.15, 0.2) is 0 Å². The average Bonchev–Trinajstić information content (AvgIpc) is 2.11. The van der Waals surface area contributed by atoms with Crippen molar-refractivity contribution in [2.75, 3.05) is 47.1 Å². The van der Waals surface area contributed by atoms with E-state index in [0.29, 0.717) is 13.2 Å². The normalized spacial score (nSPS) is 10.0. The minimum absolute atomic E-state index is 0.0870. The molecule has 0 atom stereocenters. The van der Waals surface area contributed by atoms with Crippen molar-refractivity contribution in [3.63, 3.8) is 0 Å². The van der Waals surface area contributed by atoms with Crippen LogP contribution in [0.3, 0.4) is 0 Å². The van der Waals surface area contributed by atoms with Gasteiger partial charge >= 0.3 is 0 Å². The molecule has 0 unspecified atom stereocenters. The van der Waals surface area contributed by atoms with Gasteiger partial charge in [-0.05, 0) is 0 Å².